The van der Waals surface area contributed by atoms with E-state index in [1.54, 1.807) is 0 Å². The summed E-state index contributed by atoms with van der Waals surface area (Å²) in [4.78, 5) is 15.3. The van der Waals surface area contributed by atoms with Gasteiger partial charge in [-0.15, -0.1) is 0 Å². The minimum atomic E-state index is -0.202. The Balaban J connectivity index is 2.21. The Morgan fingerprint density at radius 3 is 2.17 bits per heavy atom. The first-order valence-electron chi connectivity index (χ1n) is 4.25. The van der Waals surface area contributed by atoms with Crippen LogP contribution in [0, 0.1) is 0 Å². The third-order valence-corrected chi connectivity index (χ3v) is 2.15. The van der Waals surface area contributed by atoms with Crippen LogP contribution in [0.3, 0.4) is 0 Å². The minimum Gasteiger partial charge on any atom is -0.463 e. The fourth-order valence-electron chi connectivity index (χ4n) is 1.52. The van der Waals surface area contributed by atoms with Crippen molar-refractivity contribution < 1.29 is 14.4 Å². The number of hydrogen-bond acceptors (Lipinski definition) is 4. The van der Waals surface area contributed by atoms with Crippen molar-refractivity contribution in [2.24, 2.45) is 5.90 Å². The second-order valence-electron chi connectivity index (χ2n) is 3.14. The minimum absolute atomic E-state index is 0.0777. The van der Waals surface area contributed by atoms with Crippen molar-refractivity contribution in [2.45, 2.75) is 44.8 Å². The van der Waals surface area contributed by atoms with Crippen LogP contribution in [0.4, 0.5) is 0 Å². The fourth-order valence-corrected chi connectivity index (χ4v) is 1.52. The summed E-state index contributed by atoms with van der Waals surface area (Å²) >= 11 is 0. The van der Waals surface area contributed by atoms with E-state index in [0.29, 0.717) is 0 Å². The Hall–Kier alpha value is -0.610. The molecule has 1 rings (SSSR count). The van der Waals surface area contributed by atoms with Gasteiger partial charge in [-0.05, 0) is 25.7 Å². The zero-order chi connectivity index (χ0) is 8.97. The first kappa shape index (κ1) is 9.48. The van der Waals surface area contributed by atoms with Crippen LogP contribution in [-0.2, 0) is 14.4 Å². The Kier molecular flexibility index (Phi) is 3.49. The van der Waals surface area contributed by atoms with E-state index < -0.39 is 0 Å². The van der Waals surface area contributed by atoms with E-state index >= 15 is 0 Å². The highest BCUT2D eigenvalue weighted by molar-refractivity contribution is 5.66. The molecule has 0 aliphatic heterocycles. The summed E-state index contributed by atoms with van der Waals surface area (Å²) in [5.41, 5.74) is 0. The molecule has 4 heteroatoms. The van der Waals surface area contributed by atoms with Crippen LogP contribution in [0.1, 0.15) is 32.6 Å². The molecule has 0 atom stereocenters. The summed E-state index contributed by atoms with van der Waals surface area (Å²) in [6.07, 6.45) is 3.72. The number of hydrogen-bond donors (Lipinski definition) is 1. The smallest absolute Gasteiger partial charge is 0.302 e. The van der Waals surface area contributed by atoms with Gasteiger partial charge in [0.1, 0.15) is 6.10 Å². The molecule has 0 saturated heterocycles. The molecule has 4 nitrogen and oxygen atoms in total. The molecule has 2 N–H and O–H groups in total. The summed E-state index contributed by atoms with van der Waals surface area (Å²) in [6, 6.07) is 0. The third-order valence-electron chi connectivity index (χ3n) is 2.15. The molecule has 0 aromatic carbocycles. The van der Waals surface area contributed by atoms with Crippen LogP contribution in [0.25, 0.3) is 0 Å². The van der Waals surface area contributed by atoms with Gasteiger partial charge in [0.05, 0.1) is 6.10 Å². The SMILES string of the molecule is CC(=O)OC1CCC(ON)CC1. The highest BCUT2D eigenvalue weighted by atomic mass is 16.6. The highest BCUT2D eigenvalue weighted by Gasteiger charge is 2.22. The van der Waals surface area contributed by atoms with E-state index in [0.717, 1.165) is 25.7 Å². The lowest BCUT2D eigenvalue weighted by atomic mass is 9.95. The summed E-state index contributed by atoms with van der Waals surface area (Å²) in [5.74, 6) is 4.84. The number of esters is 1. The number of rotatable bonds is 2. The highest BCUT2D eigenvalue weighted by Crippen LogP contribution is 2.22. The van der Waals surface area contributed by atoms with E-state index in [9.17, 15) is 4.79 Å². The zero-order valence-corrected chi connectivity index (χ0v) is 7.29. The fraction of sp³-hybridized carbons (Fsp3) is 0.875. The van der Waals surface area contributed by atoms with Gasteiger partial charge in [0, 0.05) is 6.92 Å². The average molecular weight is 173 g/mol. The number of nitrogens with two attached hydrogens (primary N) is 1. The molecular weight excluding hydrogens is 158 g/mol. The topological polar surface area (TPSA) is 61.5 Å². The van der Waals surface area contributed by atoms with Crippen LogP contribution in [0.5, 0.6) is 0 Å². The van der Waals surface area contributed by atoms with Crippen molar-refractivity contribution in [1.82, 2.24) is 0 Å². The van der Waals surface area contributed by atoms with Crippen LogP contribution in [0.2, 0.25) is 0 Å². The van der Waals surface area contributed by atoms with Crippen molar-refractivity contribution in [1.29, 1.82) is 0 Å². The van der Waals surface area contributed by atoms with Gasteiger partial charge in [0.25, 0.3) is 0 Å². The Bertz CT molecular complexity index is 152. The first-order chi connectivity index (χ1) is 5.72. The molecule has 0 aromatic rings. The normalized spacial score (nSPS) is 29.8. The molecule has 70 valence electrons. The maximum absolute atomic E-state index is 10.6. The molecule has 0 aromatic heterocycles. The maximum Gasteiger partial charge on any atom is 0.302 e. The summed E-state index contributed by atoms with van der Waals surface area (Å²) < 4.78 is 5.05. The first-order valence-corrected chi connectivity index (χ1v) is 4.25. The molecule has 12 heavy (non-hydrogen) atoms. The molecule has 0 radical (unpaired) electrons. The van der Waals surface area contributed by atoms with E-state index in [-0.39, 0.29) is 18.2 Å². The summed E-state index contributed by atoms with van der Waals surface area (Å²) in [7, 11) is 0. The van der Waals surface area contributed by atoms with E-state index in [1.165, 1.54) is 6.92 Å². The quantitative estimate of drug-likeness (QED) is 0.494. The molecule has 0 unspecified atom stereocenters. The molecular formula is C8H15NO3. The molecule has 1 fully saturated rings. The van der Waals surface area contributed by atoms with Gasteiger partial charge in [-0.1, -0.05) is 0 Å². The maximum atomic E-state index is 10.6. The summed E-state index contributed by atoms with van der Waals surface area (Å²) in [6.45, 7) is 1.44. The molecule has 0 heterocycles. The van der Waals surface area contributed by atoms with Crippen molar-refractivity contribution in [2.75, 3.05) is 0 Å². The molecule has 0 amide bonds. The average Bonchev–Trinajstić information content (AvgIpc) is 2.05. The van der Waals surface area contributed by atoms with Gasteiger partial charge < -0.3 is 9.57 Å². The largest absolute Gasteiger partial charge is 0.463 e. The Labute approximate surface area is 72.0 Å². The van der Waals surface area contributed by atoms with E-state index in [2.05, 4.69) is 0 Å². The van der Waals surface area contributed by atoms with Crippen LogP contribution < -0.4 is 5.90 Å². The predicted octanol–water partition coefficient (Wildman–Crippen LogP) is 0.751. The van der Waals surface area contributed by atoms with Crippen molar-refractivity contribution in [3.8, 4) is 0 Å². The van der Waals surface area contributed by atoms with Gasteiger partial charge in [0.2, 0.25) is 0 Å². The second kappa shape index (κ2) is 4.42. The molecule has 0 spiro atoms. The monoisotopic (exact) mass is 173 g/mol. The predicted molar refractivity (Wildman–Crippen MR) is 43.1 cm³/mol. The van der Waals surface area contributed by atoms with Crippen LogP contribution in [-0.4, -0.2) is 18.2 Å². The second-order valence-corrected chi connectivity index (χ2v) is 3.14. The van der Waals surface area contributed by atoms with Gasteiger partial charge >= 0.3 is 5.97 Å². The van der Waals surface area contributed by atoms with Crippen molar-refractivity contribution in [3.05, 3.63) is 0 Å². The Morgan fingerprint density at radius 2 is 1.75 bits per heavy atom. The molecule has 1 aliphatic rings. The molecule has 1 saturated carbocycles. The van der Waals surface area contributed by atoms with E-state index in [4.69, 9.17) is 15.5 Å². The standard InChI is InChI=1S/C8H15NO3/c1-6(10)11-7-2-4-8(12-9)5-3-7/h7-8H,2-5,9H2,1H3. The third kappa shape index (κ3) is 2.79. The lowest BCUT2D eigenvalue weighted by molar-refractivity contribution is -0.149. The van der Waals surface area contributed by atoms with Crippen molar-refractivity contribution in [3.63, 3.8) is 0 Å². The zero-order valence-electron chi connectivity index (χ0n) is 7.29. The number of carbonyl (C=O) groups excluding carboxylic acids is 1. The number of ether oxygens (including phenoxy) is 1. The van der Waals surface area contributed by atoms with Crippen molar-refractivity contribution >= 4 is 5.97 Å². The molecule has 0 bridgehead atoms. The Morgan fingerprint density at radius 1 is 1.25 bits per heavy atom. The lowest BCUT2D eigenvalue weighted by Gasteiger charge is -2.26. The number of carbonyl (C=O) groups is 1. The van der Waals surface area contributed by atoms with Crippen LogP contribution >= 0.6 is 0 Å². The lowest BCUT2D eigenvalue weighted by Crippen LogP contribution is -2.29. The van der Waals surface area contributed by atoms with Gasteiger partial charge in [0.15, 0.2) is 0 Å². The molecule has 1 aliphatic carbocycles. The summed E-state index contributed by atoms with van der Waals surface area (Å²) in [5, 5.41) is 0. The van der Waals surface area contributed by atoms with Gasteiger partial charge in [-0.2, -0.15) is 0 Å². The van der Waals surface area contributed by atoms with Gasteiger partial charge in [-0.25, -0.2) is 5.90 Å². The van der Waals surface area contributed by atoms with Crippen LogP contribution in [0.15, 0.2) is 0 Å². The van der Waals surface area contributed by atoms with E-state index in [1.807, 2.05) is 0 Å². The van der Waals surface area contributed by atoms with Gasteiger partial charge in [-0.3, -0.25) is 4.79 Å².